The summed E-state index contributed by atoms with van der Waals surface area (Å²) in [6.45, 7) is 6.02. The van der Waals surface area contributed by atoms with E-state index in [1.54, 1.807) is 0 Å². The lowest BCUT2D eigenvalue weighted by atomic mass is 10.0. The van der Waals surface area contributed by atoms with E-state index in [1.165, 1.54) is 5.56 Å². The van der Waals surface area contributed by atoms with E-state index in [1.807, 2.05) is 62.8 Å². The second-order valence-corrected chi connectivity index (χ2v) is 5.78. The number of nitrogens with zero attached hydrogens (tertiary/aromatic N) is 2. The molecule has 2 atom stereocenters. The van der Waals surface area contributed by atoms with Gasteiger partial charge in [0.25, 0.3) is 0 Å². The third kappa shape index (κ3) is 3.54. The van der Waals surface area contributed by atoms with E-state index in [0.717, 1.165) is 23.4 Å². The molecule has 0 radical (unpaired) electrons. The normalized spacial score (nSPS) is 13.7. The van der Waals surface area contributed by atoms with Gasteiger partial charge in [-0.05, 0) is 38.3 Å². The van der Waals surface area contributed by atoms with Gasteiger partial charge in [0, 0.05) is 18.8 Å². The number of hydrogen-bond acceptors (Lipinski definition) is 3. The van der Waals surface area contributed by atoms with Crippen LogP contribution in [0.2, 0.25) is 0 Å². The number of amides is 1. The van der Waals surface area contributed by atoms with Crippen molar-refractivity contribution in [2.45, 2.75) is 39.3 Å². The summed E-state index contributed by atoms with van der Waals surface area (Å²) in [6.07, 6.45) is 0.749. The summed E-state index contributed by atoms with van der Waals surface area (Å²) in [5, 5.41) is 7.39. The fourth-order valence-electron chi connectivity index (χ4n) is 2.61. The van der Waals surface area contributed by atoms with E-state index in [4.69, 9.17) is 5.73 Å². The molecule has 1 aromatic carbocycles. The quantitative estimate of drug-likeness (QED) is 0.884. The fraction of sp³-hybridized carbons (Fsp3) is 0.412. The molecule has 1 aromatic heterocycles. The Morgan fingerprint density at radius 2 is 1.95 bits per heavy atom. The van der Waals surface area contributed by atoms with Crippen LogP contribution in [0.3, 0.4) is 0 Å². The first-order valence-corrected chi connectivity index (χ1v) is 7.50. The lowest BCUT2D eigenvalue weighted by Crippen LogP contribution is -2.40. The Labute approximate surface area is 131 Å². The highest BCUT2D eigenvalue weighted by Crippen LogP contribution is 2.15. The monoisotopic (exact) mass is 300 g/mol. The van der Waals surface area contributed by atoms with Crippen LogP contribution in [0.25, 0.3) is 0 Å². The molecule has 0 bridgehead atoms. The molecular formula is C17H24N4O. The van der Waals surface area contributed by atoms with E-state index < -0.39 is 6.04 Å². The van der Waals surface area contributed by atoms with Crippen molar-refractivity contribution in [1.82, 2.24) is 15.1 Å². The summed E-state index contributed by atoms with van der Waals surface area (Å²) in [4.78, 5) is 12.3. The molecule has 0 saturated carbocycles. The van der Waals surface area contributed by atoms with Crippen molar-refractivity contribution in [3.63, 3.8) is 0 Å². The first-order valence-electron chi connectivity index (χ1n) is 7.50. The van der Waals surface area contributed by atoms with Gasteiger partial charge >= 0.3 is 0 Å². The molecular weight excluding hydrogens is 276 g/mol. The zero-order valence-corrected chi connectivity index (χ0v) is 13.6. The summed E-state index contributed by atoms with van der Waals surface area (Å²) < 4.78 is 1.87. The number of carbonyl (C=O) groups excluding carboxylic acids is 1. The van der Waals surface area contributed by atoms with Crippen molar-refractivity contribution < 1.29 is 4.79 Å². The maximum absolute atomic E-state index is 12.3. The number of rotatable bonds is 5. The minimum absolute atomic E-state index is 0.00358. The van der Waals surface area contributed by atoms with Gasteiger partial charge in [-0.15, -0.1) is 0 Å². The third-order valence-corrected chi connectivity index (χ3v) is 4.00. The minimum atomic E-state index is -0.639. The predicted molar refractivity (Wildman–Crippen MR) is 87.4 cm³/mol. The lowest BCUT2D eigenvalue weighted by Gasteiger charge is -2.18. The first kappa shape index (κ1) is 16.2. The van der Waals surface area contributed by atoms with Crippen LogP contribution < -0.4 is 11.1 Å². The third-order valence-electron chi connectivity index (χ3n) is 4.00. The van der Waals surface area contributed by atoms with Gasteiger partial charge in [-0.3, -0.25) is 9.48 Å². The van der Waals surface area contributed by atoms with Gasteiger partial charge in [0.1, 0.15) is 6.04 Å². The summed E-state index contributed by atoms with van der Waals surface area (Å²) in [7, 11) is 1.93. The SMILES string of the molecule is Cc1nn(C)c(C)c1CC(C)NC(=O)C(N)c1ccccc1. The molecule has 2 unspecified atom stereocenters. The molecule has 1 amide bonds. The van der Waals surface area contributed by atoms with Crippen LogP contribution in [0.5, 0.6) is 0 Å². The number of aryl methyl sites for hydroxylation is 2. The molecule has 118 valence electrons. The Kier molecular flexibility index (Phi) is 4.98. The number of hydrogen-bond donors (Lipinski definition) is 2. The summed E-state index contributed by atoms with van der Waals surface area (Å²) in [5.74, 6) is -0.155. The van der Waals surface area contributed by atoms with Crippen LogP contribution >= 0.6 is 0 Å². The van der Waals surface area contributed by atoms with Crippen molar-refractivity contribution in [1.29, 1.82) is 0 Å². The van der Waals surface area contributed by atoms with Gasteiger partial charge < -0.3 is 11.1 Å². The molecule has 5 heteroatoms. The molecule has 0 spiro atoms. The zero-order valence-electron chi connectivity index (χ0n) is 13.6. The standard InChI is InChI=1S/C17H24N4O/c1-11(10-15-12(2)20-21(4)13(15)3)19-17(22)16(18)14-8-6-5-7-9-14/h5-9,11,16H,10,18H2,1-4H3,(H,19,22). The highest BCUT2D eigenvalue weighted by molar-refractivity contribution is 5.83. The Morgan fingerprint density at radius 1 is 1.32 bits per heavy atom. The maximum atomic E-state index is 12.3. The van der Waals surface area contributed by atoms with Crippen LogP contribution in [-0.2, 0) is 18.3 Å². The van der Waals surface area contributed by atoms with E-state index in [-0.39, 0.29) is 11.9 Å². The van der Waals surface area contributed by atoms with Crippen molar-refractivity contribution in [3.8, 4) is 0 Å². The summed E-state index contributed by atoms with van der Waals surface area (Å²) >= 11 is 0. The predicted octanol–water partition coefficient (Wildman–Crippen LogP) is 1.78. The number of carbonyl (C=O) groups is 1. The van der Waals surface area contributed by atoms with Gasteiger partial charge in [-0.2, -0.15) is 5.10 Å². The largest absolute Gasteiger partial charge is 0.352 e. The van der Waals surface area contributed by atoms with Crippen molar-refractivity contribution >= 4 is 5.91 Å². The zero-order chi connectivity index (χ0) is 16.3. The molecule has 0 saturated heterocycles. The molecule has 3 N–H and O–H groups in total. The second-order valence-electron chi connectivity index (χ2n) is 5.78. The lowest BCUT2D eigenvalue weighted by molar-refractivity contribution is -0.123. The first-order chi connectivity index (χ1) is 10.4. The highest BCUT2D eigenvalue weighted by Gasteiger charge is 2.19. The van der Waals surface area contributed by atoms with Gasteiger partial charge in [-0.1, -0.05) is 30.3 Å². The van der Waals surface area contributed by atoms with Gasteiger partial charge in [-0.25, -0.2) is 0 Å². The summed E-state index contributed by atoms with van der Waals surface area (Å²) in [6, 6.07) is 8.77. The van der Waals surface area contributed by atoms with Gasteiger partial charge in [0.15, 0.2) is 0 Å². The Hall–Kier alpha value is -2.14. The Morgan fingerprint density at radius 3 is 2.50 bits per heavy atom. The highest BCUT2D eigenvalue weighted by atomic mass is 16.2. The van der Waals surface area contributed by atoms with Crippen molar-refractivity contribution in [3.05, 3.63) is 52.8 Å². The number of benzene rings is 1. The van der Waals surface area contributed by atoms with Crippen molar-refractivity contribution in [2.24, 2.45) is 12.8 Å². The van der Waals surface area contributed by atoms with Gasteiger partial charge in [0.2, 0.25) is 5.91 Å². The Balaban J connectivity index is 2.00. The minimum Gasteiger partial charge on any atom is -0.352 e. The maximum Gasteiger partial charge on any atom is 0.241 e. The molecule has 0 fully saturated rings. The second kappa shape index (κ2) is 6.75. The molecule has 0 aliphatic rings. The van der Waals surface area contributed by atoms with E-state index in [0.29, 0.717) is 0 Å². The van der Waals surface area contributed by atoms with Gasteiger partial charge in [0.05, 0.1) is 5.69 Å². The average Bonchev–Trinajstić information content (AvgIpc) is 2.73. The average molecular weight is 300 g/mol. The molecule has 22 heavy (non-hydrogen) atoms. The van der Waals surface area contributed by atoms with Crippen molar-refractivity contribution in [2.75, 3.05) is 0 Å². The topological polar surface area (TPSA) is 72.9 Å². The van der Waals surface area contributed by atoms with Crippen LogP contribution in [0.15, 0.2) is 30.3 Å². The smallest absolute Gasteiger partial charge is 0.241 e. The molecule has 0 aliphatic carbocycles. The van der Waals surface area contributed by atoms with Crippen LogP contribution in [0.4, 0.5) is 0 Å². The van der Waals surface area contributed by atoms with E-state index >= 15 is 0 Å². The Bertz CT molecular complexity index is 648. The number of nitrogens with one attached hydrogen (secondary N) is 1. The number of nitrogens with two attached hydrogens (primary N) is 1. The number of aromatic nitrogens is 2. The van der Waals surface area contributed by atoms with Crippen LogP contribution in [-0.4, -0.2) is 21.7 Å². The molecule has 0 aliphatic heterocycles. The fourth-order valence-corrected chi connectivity index (χ4v) is 2.61. The molecule has 5 nitrogen and oxygen atoms in total. The molecule has 2 rings (SSSR count). The molecule has 1 heterocycles. The molecule has 2 aromatic rings. The van der Waals surface area contributed by atoms with Crippen LogP contribution in [0, 0.1) is 13.8 Å². The van der Waals surface area contributed by atoms with E-state index in [9.17, 15) is 4.79 Å². The summed E-state index contributed by atoms with van der Waals surface area (Å²) in [5.41, 5.74) is 10.2. The van der Waals surface area contributed by atoms with Crippen LogP contribution in [0.1, 0.15) is 35.5 Å². The van der Waals surface area contributed by atoms with E-state index in [2.05, 4.69) is 10.4 Å².